The van der Waals surface area contributed by atoms with Gasteiger partial charge in [-0.15, -0.1) is 0 Å². The topological polar surface area (TPSA) is 86.1 Å². The second kappa shape index (κ2) is 7.01. The molecule has 0 bridgehead atoms. The standard InChI is InChI=1S/C18H26N4O4/c1-13(2)19-17(25)22-6-5-21(16(24)14-4-7-26-9-14)11-18(12-22)8-15(23)20(3)10-18/h4,7,9,13H,5-6,8,10-12H2,1-3H3,(H,19,25). The average Bonchev–Trinajstić information content (AvgIpc) is 3.13. The van der Waals surface area contributed by atoms with Crippen molar-refractivity contribution in [1.82, 2.24) is 20.0 Å². The van der Waals surface area contributed by atoms with Crippen molar-refractivity contribution < 1.29 is 18.8 Å². The molecule has 8 heteroatoms. The van der Waals surface area contributed by atoms with Crippen molar-refractivity contribution >= 4 is 17.8 Å². The Morgan fingerprint density at radius 3 is 2.46 bits per heavy atom. The molecular formula is C18H26N4O4. The van der Waals surface area contributed by atoms with Crippen molar-refractivity contribution in [3.05, 3.63) is 24.2 Å². The highest BCUT2D eigenvalue weighted by Gasteiger charge is 2.47. The fourth-order valence-corrected chi connectivity index (χ4v) is 3.83. The van der Waals surface area contributed by atoms with Crippen LogP contribution in [0.5, 0.6) is 0 Å². The molecule has 1 aromatic heterocycles. The van der Waals surface area contributed by atoms with Crippen LogP contribution in [0.25, 0.3) is 0 Å². The summed E-state index contributed by atoms with van der Waals surface area (Å²) in [7, 11) is 1.77. The lowest BCUT2D eigenvalue weighted by Crippen LogP contribution is -2.49. The predicted octanol–water partition coefficient (Wildman–Crippen LogP) is 1.00. The predicted molar refractivity (Wildman–Crippen MR) is 94.5 cm³/mol. The molecule has 2 saturated heterocycles. The molecule has 142 valence electrons. The highest BCUT2D eigenvalue weighted by atomic mass is 16.3. The SMILES string of the molecule is CC(C)NC(=O)N1CCN(C(=O)c2ccoc2)CC2(CC(=O)N(C)C2)C1. The van der Waals surface area contributed by atoms with E-state index in [9.17, 15) is 14.4 Å². The van der Waals surface area contributed by atoms with Gasteiger partial charge in [-0.3, -0.25) is 9.59 Å². The Morgan fingerprint density at radius 2 is 1.88 bits per heavy atom. The molecule has 1 spiro atoms. The summed E-state index contributed by atoms with van der Waals surface area (Å²) in [6.45, 7) is 6.11. The molecular weight excluding hydrogens is 336 g/mol. The number of carbonyl (C=O) groups is 3. The number of carbonyl (C=O) groups excluding carboxylic acids is 3. The molecule has 2 fully saturated rings. The van der Waals surface area contributed by atoms with Crippen LogP contribution in [0.4, 0.5) is 4.79 Å². The van der Waals surface area contributed by atoms with Gasteiger partial charge in [0.05, 0.1) is 11.8 Å². The zero-order valence-electron chi connectivity index (χ0n) is 15.5. The zero-order chi connectivity index (χ0) is 18.9. The van der Waals surface area contributed by atoms with Gasteiger partial charge in [0.15, 0.2) is 0 Å². The monoisotopic (exact) mass is 362 g/mol. The lowest BCUT2D eigenvalue weighted by molar-refractivity contribution is -0.126. The van der Waals surface area contributed by atoms with E-state index >= 15 is 0 Å². The van der Waals surface area contributed by atoms with Crippen molar-refractivity contribution in [3.8, 4) is 0 Å². The highest BCUT2D eigenvalue weighted by Crippen LogP contribution is 2.34. The first-order chi connectivity index (χ1) is 12.3. The summed E-state index contributed by atoms with van der Waals surface area (Å²) >= 11 is 0. The molecule has 2 aliphatic heterocycles. The minimum absolute atomic E-state index is 0.0262. The third kappa shape index (κ3) is 3.68. The summed E-state index contributed by atoms with van der Waals surface area (Å²) in [6.07, 6.45) is 3.23. The Balaban J connectivity index is 1.84. The summed E-state index contributed by atoms with van der Waals surface area (Å²) < 4.78 is 5.03. The molecule has 1 unspecified atom stereocenters. The molecule has 0 aliphatic carbocycles. The van der Waals surface area contributed by atoms with Crippen molar-refractivity contribution in [2.75, 3.05) is 39.8 Å². The molecule has 0 aromatic carbocycles. The molecule has 3 rings (SSSR count). The second-order valence-corrected chi connectivity index (χ2v) is 7.69. The number of nitrogens with zero attached hydrogens (tertiary/aromatic N) is 3. The summed E-state index contributed by atoms with van der Waals surface area (Å²) in [5, 5.41) is 2.91. The lowest BCUT2D eigenvalue weighted by atomic mass is 9.86. The van der Waals surface area contributed by atoms with E-state index in [1.807, 2.05) is 13.8 Å². The van der Waals surface area contributed by atoms with Crippen LogP contribution in [0, 0.1) is 5.41 Å². The second-order valence-electron chi connectivity index (χ2n) is 7.69. The van der Waals surface area contributed by atoms with Crippen molar-refractivity contribution in [3.63, 3.8) is 0 Å². The van der Waals surface area contributed by atoms with E-state index in [1.54, 1.807) is 27.8 Å². The van der Waals surface area contributed by atoms with Gasteiger partial charge in [-0.1, -0.05) is 0 Å². The number of likely N-dealkylation sites (tertiary alicyclic amines) is 1. The first-order valence-electron chi connectivity index (χ1n) is 8.90. The number of rotatable bonds is 2. The van der Waals surface area contributed by atoms with Crippen LogP contribution in [0.1, 0.15) is 30.6 Å². The molecule has 1 aromatic rings. The molecule has 3 heterocycles. The normalized spacial score (nSPS) is 23.7. The van der Waals surface area contributed by atoms with Gasteiger partial charge in [-0.25, -0.2) is 4.79 Å². The maximum absolute atomic E-state index is 12.8. The summed E-state index contributed by atoms with van der Waals surface area (Å²) in [6, 6.07) is 1.51. The quantitative estimate of drug-likeness (QED) is 0.851. The van der Waals surface area contributed by atoms with Gasteiger partial charge < -0.3 is 24.4 Å². The first-order valence-corrected chi connectivity index (χ1v) is 8.90. The number of furan rings is 1. The Morgan fingerprint density at radius 1 is 1.19 bits per heavy atom. The van der Waals surface area contributed by atoms with Gasteiger partial charge in [-0.05, 0) is 19.9 Å². The maximum Gasteiger partial charge on any atom is 0.317 e. The Kier molecular flexibility index (Phi) is 4.93. The molecule has 1 atom stereocenters. The third-order valence-corrected chi connectivity index (χ3v) is 4.97. The smallest absolute Gasteiger partial charge is 0.317 e. The fourth-order valence-electron chi connectivity index (χ4n) is 3.83. The number of amides is 4. The van der Waals surface area contributed by atoms with Gasteiger partial charge in [0.25, 0.3) is 5.91 Å². The molecule has 0 radical (unpaired) electrons. The number of hydrogen-bond acceptors (Lipinski definition) is 4. The highest BCUT2D eigenvalue weighted by molar-refractivity contribution is 5.94. The van der Waals surface area contributed by atoms with Crippen molar-refractivity contribution in [1.29, 1.82) is 0 Å². The molecule has 26 heavy (non-hydrogen) atoms. The van der Waals surface area contributed by atoms with E-state index in [0.717, 1.165) is 0 Å². The Hall–Kier alpha value is -2.51. The van der Waals surface area contributed by atoms with Gasteiger partial charge in [0.1, 0.15) is 6.26 Å². The zero-order valence-corrected chi connectivity index (χ0v) is 15.5. The van der Waals surface area contributed by atoms with E-state index in [0.29, 0.717) is 44.7 Å². The molecule has 4 amide bonds. The largest absolute Gasteiger partial charge is 0.472 e. The van der Waals surface area contributed by atoms with Crippen LogP contribution in [0.2, 0.25) is 0 Å². The minimum atomic E-state index is -0.448. The molecule has 8 nitrogen and oxygen atoms in total. The van der Waals surface area contributed by atoms with Gasteiger partial charge in [0, 0.05) is 57.6 Å². The minimum Gasteiger partial charge on any atom is -0.472 e. The van der Waals surface area contributed by atoms with Crippen LogP contribution in [0.15, 0.2) is 23.0 Å². The number of nitrogens with one attached hydrogen (secondary N) is 1. The number of urea groups is 1. The van der Waals surface area contributed by atoms with E-state index in [1.165, 1.54) is 12.5 Å². The van der Waals surface area contributed by atoms with Gasteiger partial charge >= 0.3 is 6.03 Å². The van der Waals surface area contributed by atoms with Crippen molar-refractivity contribution in [2.45, 2.75) is 26.3 Å². The lowest BCUT2D eigenvalue weighted by Gasteiger charge is -2.33. The van der Waals surface area contributed by atoms with Crippen LogP contribution < -0.4 is 5.32 Å². The van der Waals surface area contributed by atoms with Crippen LogP contribution in [-0.2, 0) is 4.79 Å². The van der Waals surface area contributed by atoms with Crippen LogP contribution in [-0.4, -0.2) is 78.4 Å². The summed E-state index contributed by atoms with van der Waals surface area (Å²) in [5.41, 5.74) is 0.0358. The summed E-state index contributed by atoms with van der Waals surface area (Å²) in [5.74, 6) is -0.0851. The molecule has 2 aliphatic rings. The Labute approximate surface area is 153 Å². The van der Waals surface area contributed by atoms with E-state index in [-0.39, 0.29) is 23.9 Å². The van der Waals surface area contributed by atoms with E-state index in [4.69, 9.17) is 4.42 Å². The van der Waals surface area contributed by atoms with Crippen LogP contribution >= 0.6 is 0 Å². The van der Waals surface area contributed by atoms with Gasteiger partial charge in [-0.2, -0.15) is 0 Å². The molecule has 0 saturated carbocycles. The van der Waals surface area contributed by atoms with Crippen molar-refractivity contribution in [2.24, 2.45) is 5.41 Å². The van der Waals surface area contributed by atoms with Crippen LogP contribution in [0.3, 0.4) is 0 Å². The first kappa shape index (κ1) is 18.3. The number of hydrogen-bond donors (Lipinski definition) is 1. The fraction of sp³-hybridized carbons (Fsp3) is 0.611. The molecule has 1 N–H and O–H groups in total. The van der Waals surface area contributed by atoms with E-state index < -0.39 is 5.41 Å². The summed E-state index contributed by atoms with van der Waals surface area (Å²) in [4.78, 5) is 42.7. The average molecular weight is 362 g/mol. The third-order valence-electron chi connectivity index (χ3n) is 4.97. The Bertz CT molecular complexity index is 687. The van der Waals surface area contributed by atoms with E-state index in [2.05, 4.69) is 5.32 Å². The maximum atomic E-state index is 12.8. The van der Waals surface area contributed by atoms with Gasteiger partial charge in [0.2, 0.25) is 5.91 Å².